The Kier molecular flexibility index (Phi) is 3.72. The van der Waals surface area contributed by atoms with Gasteiger partial charge in [0.1, 0.15) is 5.65 Å². The number of aryl methyl sites for hydroxylation is 1. The van der Waals surface area contributed by atoms with Crippen molar-refractivity contribution < 1.29 is 4.79 Å². The molecule has 0 unspecified atom stereocenters. The van der Waals surface area contributed by atoms with Crippen molar-refractivity contribution in [2.24, 2.45) is 7.05 Å². The summed E-state index contributed by atoms with van der Waals surface area (Å²) in [5.74, 6) is 0. The zero-order chi connectivity index (χ0) is 16.5. The number of nitrogens with one attached hydrogen (secondary N) is 1. The highest BCUT2D eigenvalue weighted by molar-refractivity contribution is 5.75. The quantitative estimate of drug-likeness (QED) is 0.806. The topological polar surface area (TPSA) is 54.6 Å². The first-order valence-corrected chi connectivity index (χ1v) is 8.31. The number of likely N-dealkylation sites (tertiary alicyclic amines) is 1. The molecule has 0 aliphatic carbocycles. The molecule has 3 aromatic rings. The molecule has 0 radical (unpaired) electrons. The second kappa shape index (κ2) is 6.03. The van der Waals surface area contributed by atoms with Crippen LogP contribution in [0.5, 0.6) is 0 Å². The van der Waals surface area contributed by atoms with Gasteiger partial charge in [0.05, 0.1) is 18.3 Å². The first-order valence-electron chi connectivity index (χ1n) is 8.31. The maximum Gasteiger partial charge on any atom is 0.318 e. The molecule has 1 N–H and O–H groups in total. The molecule has 3 aromatic heterocycles. The van der Waals surface area contributed by atoms with Crippen molar-refractivity contribution in [3.63, 3.8) is 0 Å². The Hall–Kier alpha value is -2.76. The van der Waals surface area contributed by atoms with Gasteiger partial charge in [0.2, 0.25) is 0 Å². The van der Waals surface area contributed by atoms with Crippen molar-refractivity contribution in [1.82, 2.24) is 24.2 Å². The van der Waals surface area contributed by atoms with E-state index in [4.69, 9.17) is 0 Å². The minimum atomic E-state index is -0.0178. The Bertz CT molecular complexity index is 832. The zero-order valence-electron chi connectivity index (χ0n) is 13.7. The van der Waals surface area contributed by atoms with Crippen molar-refractivity contribution >= 4 is 11.7 Å². The van der Waals surface area contributed by atoms with Crippen LogP contribution >= 0.6 is 0 Å². The van der Waals surface area contributed by atoms with Gasteiger partial charge in [-0.3, -0.25) is 0 Å². The molecule has 1 aliphatic rings. The minimum absolute atomic E-state index is 0.0178. The predicted octanol–water partition coefficient (Wildman–Crippen LogP) is 2.72. The molecule has 4 rings (SSSR count). The van der Waals surface area contributed by atoms with Crippen LogP contribution in [0.3, 0.4) is 0 Å². The van der Waals surface area contributed by atoms with Gasteiger partial charge in [-0.1, -0.05) is 6.07 Å². The number of amides is 2. The van der Waals surface area contributed by atoms with Crippen LogP contribution in [0.15, 0.2) is 48.9 Å². The third-order valence-electron chi connectivity index (χ3n) is 4.67. The van der Waals surface area contributed by atoms with Crippen LogP contribution in [-0.2, 0) is 13.6 Å². The third-order valence-corrected chi connectivity index (χ3v) is 4.67. The Morgan fingerprint density at radius 3 is 3.00 bits per heavy atom. The van der Waals surface area contributed by atoms with E-state index < -0.39 is 0 Å². The summed E-state index contributed by atoms with van der Waals surface area (Å²) in [6.07, 6.45) is 7.99. The highest BCUT2D eigenvalue weighted by Crippen LogP contribution is 2.31. The summed E-state index contributed by atoms with van der Waals surface area (Å²) in [7, 11) is 2.03. The second-order valence-electron chi connectivity index (χ2n) is 6.25. The standard InChI is InChI=1S/C18H21N5O/c1-21-9-4-6-15(21)16-7-5-11-23(16)18(24)19-12-14-13-22-10-3-2-8-17(22)20-14/h2-4,6,8-10,13,16H,5,7,11-12H2,1H3,(H,19,24)/t16-/m1/s1. The SMILES string of the molecule is Cn1cccc1[C@H]1CCCN1C(=O)NCc1cn2ccccc2n1. The van der Waals surface area contributed by atoms with Crippen molar-refractivity contribution in [3.8, 4) is 0 Å². The summed E-state index contributed by atoms with van der Waals surface area (Å²) >= 11 is 0. The molecule has 6 heteroatoms. The van der Waals surface area contributed by atoms with Gasteiger partial charge in [0.25, 0.3) is 0 Å². The normalized spacial score (nSPS) is 17.5. The number of hydrogen-bond donors (Lipinski definition) is 1. The molecule has 0 aromatic carbocycles. The monoisotopic (exact) mass is 323 g/mol. The lowest BCUT2D eigenvalue weighted by Crippen LogP contribution is -2.39. The Morgan fingerprint density at radius 1 is 1.29 bits per heavy atom. The van der Waals surface area contributed by atoms with Gasteiger partial charge in [-0.25, -0.2) is 9.78 Å². The molecule has 1 fully saturated rings. The number of carbonyl (C=O) groups excluding carboxylic acids is 1. The van der Waals surface area contributed by atoms with Crippen LogP contribution in [0.2, 0.25) is 0 Å². The molecule has 0 bridgehead atoms. The molecular formula is C18H21N5O. The van der Waals surface area contributed by atoms with Gasteiger partial charge >= 0.3 is 6.03 Å². The van der Waals surface area contributed by atoms with Crippen LogP contribution in [-0.4, -0.2) is 31.4 Å². The number of pyridine rings is 1. The highest BCUT2D eigenvalue weighted by Gasteiger charge is 2.31. The van der Waals surface area contributed by atoms with E-state index >= 15 is 0 Å². The summed E-state index contributed by atoms with van der Waals surface area (Å²) in [6, 6.07) is 10.1. The zero-order valence-corrected chi connectivity index (χ0v) is 13.7. The molecule has 124 valence electrons. The van der Waals surface area contributed by atoms with E-state index in [-0.39, 0.29) is 12.1 Å². The smallest absolute Gasteiger partial charge is 0.318 e. The van der Waals surface area contributed by atoms with Crippen LogP contribution < -0.4 is 5.32 Å². The lowest BCUT2D eigenvalue weighted by Gasteiger charge is -2.25. The number of imidazole rings is 1. The maximum atomic E-state index is 12.6. The van der Waals surface area contributed by atoms with E-state index in [1.165, 1.54) is 5.69 Å². The Labute approximate surface area is 140 Å². The number of fused-ring (bicyclic) bond motifs is 1. The molecule has 1 saturated heterocycles. The van der Waals surface area contributed by atoms with Gasteiger partial charge in [0, 0.05) is 37.9 Å². The Balaban J connectivity index is 1.44. The fourth-order valence-electron chi connectivity index (χ4n) is 3.48. The van der Waals surface area contributed by atoms with E-state index in [1.807, 2.05) is 59.2 Å². The number of aromatic nitrogens is 3. The van der Waals surface area contributed by atoms with Gasteiger partial charge in [-0.05, 0) is 37.1 Å². The van der Waals surface area contributed by atoms with E-state index in [9.17, 15) is 4.79 Å². The molecule has 1 atom stereocenters. The lowest BCUT2D eigenvalue weighted by molar-refractivity contribution is 0.191. The fourth-order valence-corrected chi connectivity index (χ4v) is 3.48. The number of rotatable bonds is 3. The molecule has 0 spiro atoms. The van der Waals surface area contributed by atoms with Crippen LogP contribution in [0.1, 0.15) is 30.3 Å². The van der Waals surface area contributed by atoms with Crippen molar-refractivity contribution in [2.75, 3.05) is 6.54 Å². The largest absolute Gasteiger partial charge is 0.353 e. The number of nitrogens with zero attached hydrogens (tertiary/aromatic N) is 4. The first-order chi connectivity index (χ1) is 11.7. The van der Waals surface area contributed by atoms with Crippen molar-refractivity contribution in [1.29, 1.82) is 0 Å². The van der Waals surface area contributed by atoms with E-state index in [0.717, 1.165) is 30.7 Å². The van der Waals surface area contributed by atoms with Gasteiger partial charge in [-0.15, -0.1) is 0 Å². The number of carbonyl (C=O) groups is 1. The van der Waals surface area contributed by atoms with Crippen LogP contribution in [0, 0.1) is 0 Å². The van der Waals surface area contributed by atoms with Gasteiger partial charge in [0.15, 0.2) is 0 Å². The summed E-state index contributed by atoms with van der Waals surface area (Å²) in [6.45, 7) is 1.24. The Morgan fingerprint density at radius 2 is 2.21 bits per heavy atom. The fraction of sp³-hybridized carbons (Fsp3) is 0.333. The van der Waals surface area contributed by atoms with E-state index in [1.54, 1.807) is 0 Å². The molecule has 2 amide bonds. The van der Waals surface area contributed by atoms with E-state index in [2.05, 4.69) is 20.9 Å². The van der Waals surface area contributed by atoms with Crippen LogP contribution in [0.4, 0.5) is 4.79 Å². The van der Waals surface area contributed by atoms with Crippen molar-refractivity contribution in [3.05, 3.63) is 60.3 Å². The summed E-state index contributed by atoms with van der Waals surface area (Å²) in [4.78, 5) is 19.1. The molecule has 6 nitrogen and oxygen atoms in total. The van der Waals surface area contributed by atoms with Gasteiger partial charge < -0.3 is 19.2 Å². The second-order valence-corrected chi connectivity index (χ2v) is 6.25. The van der Waals surface area contributed by atoms with E-state index in [0.29, 0.717) is 6.54 Å². The summed E-state index contributed by atoms with van der Waals surface area (Å²) in [5, 5.41) is 3.02. The molecule has 1 aliphatic heterocycles. The van der Waals surface area contributed by atoms with Crippen molar-refractivity contribution in [2.45, 2.75) is 25.4 Å². The average Bonchev–Trinajstić information content (AvgIpc) is 3.30. The molecule has 0 saturated carbocycles. The third kappa shape index (κ3) is 2.64. The average molecular weight is 323 g/mol. The van der Waals surface area contributed by atoms with Gasteiger partial charge in [-0.2, -0.15) is 0 Å². The molecule has 4 heterocycles. The lowest BCUT2D eigenvalue weighted by atomic mass is 10.1. The predicted molar refractivity (Wildman–Crippen MR) is 91.5 cm³/mol. The highest BCUT2D eigenvalue weighted by atomic mass is 16.2. The molecule has 24 heavy (non-hydrogen) atoms. The maximum absolute atomic E-state index is 12.6. The number of hydrogen-bond acceptors (Lipinski definition) is 2. The number of urea groups is 1. The molecular weight excluding hydrogens is 302 g/mol. The summed E-state index contributed by atoms with van der Waals surface area (Å²) in [5.41, 5.74) is 2.95. The summed E-state index contributed by atoms with van der Waals surface area (Å²) < 4.78 is 4.06. The first kappa shape index (κ1) is 14.8. The van der Waals surface area contributed by atoms with Crippen LogP contribution in [0.25, 0.3) is 5.65 Å². The minimum Gasteiger partial charge on any atom is -0.353 e.